The number of nitrogens with one attached hydrogen (secondary N) is 1. The molecule has 11 heteroatoms. The van der Waals surface area contributed by atoms with Crippen LogP contribution in [0.25, 0.3) is 0 Å². The van der Waals surface area contributed by atoms with E-state index in [4.69, 9.17) is 4.42 Å². The highest BCUT2D eigenvalue weighted by atomic mass is 32.2. The van der Waals surface area contributed by atoms with Crippen molar-refractivity contribution in [3.8, 4) is 0 Å². The van der Waals surface area contributed by atoms with Gasteiger partial charge in [0.05, 0.1) is 13.5 Å². The van der Waals surface area contributed by atoms with Crippen molar-refractivity contribution >= 4 is 46.9 Å². The average Bonchev–Trinajstić information content (AvgIpc) is 3.43. The Morgan fingerprint density at radius 2 is 2.13 bits per heavy atom. The van der Waals surface area contributed by atoms with Gasteiger partial charge in [-0.1, -0.05) is 6.07 Å². The number of esters is 1. The minimum absolute atomic E-state index is 0.0184. The van der Waals surface area contributed by atoms with Crippen LogP contribution in [-0.2, 0) is 32.0 Å². The number of carboxylic acids is 1. The molecule has 31 heavy (non-hydrogen) atoms. The van der Waals surface area contributed by atoms with E-state index in [0.717, 1.165) is 4.88 Å². The van der Waals surface area contributed by atoms with Crippen molar-refractivity contribution in [2.75, 3.05) is 12.9 Å². The van der Waals surface area contributed by atoms with Gasteiger partial charge in [-0.15, -0.1) is 23.1 Å². The molecule has 0 unspecified atom stereocenters. The Morgan fingerprint density at radius 1 is 1.32 bits per heavy atom. The summed E-state index contributed by atoms with van der Waals surface area (Å²) >= 11 is 2.83. The number of fused-ring (bicyclic) bond motifs is 1. The van der Waals surface area contributed by atoms with E-state index in [1.165, 1.54) is 41.2 Å². The summed E-state index contributed by atoms with van der Waals surface area (Å²) in [5.74, 6) is -1.83. The van der Waals surface area contributed by atoms with Crippen LogP contribution in [-0.4, -0.2) is 58.0 Å². The number of hydrogen-bond acceptors (Lipinski definition) is 8. The van der Waals surface area contributed by atoms with Crippen molar-refractivity contribution < 1.29 is 33.4 Å². The lowest BCUT2D eigenvalue weighted by Crippen LogP contribution is -2.70. The molecule has 1 fully saturated rings. The van der Waals surface area contributed by atoms with E-state index in [0.29, 0.717) is 17.1 Å². The molecule has 4 heterocycles. The zero-order valence-corrected chi connectivity index (χ0v) is 18.0. The first-order chi connectivity index (χ1) is 14.9. The number of ether oxygens (including phenoxy) is 1. The van der Waals surface area contributed by atoms with Crippen LogP contribution in [0.3, 0.4) is 0 Å². The Labute approximate surface area is 185 Å². The second kappa shape index (κ2) is 8.60. The molecule has 0 aliphatic carbocycles. The van der Waals surface area contributed by atoms with Gasteiger partial charge in [-0.3, -0.25) is 14.5 Å². The van der Waals surface area contributed by atoms with E-state index < -0.39 is 29.3 Å². The van der Waals surface area contributed by atoms with Gasteiger partial charge in [0.1, 0.15) is 22.9 Å². The fraction of sp³-hybridized carbons (Fsp3) is 0.300. The van der Waals surface area contributed by atoms with Gasteiger partial charge in [0.25, 0.3) is 5.91 Å². The van der Waals surface area contributed by atoms with Crippen molar-refractivity contribution in [3.05, 3.63) is 57.3 Å². The molecular formula is C20H18N2O7S2. The molecule has 0 radical (unpaired) electrons. The van der Waals surface area contributed by atoms with Crippen LogP contribution in [0.15, 0.2) is 45.3 Å². The molecule has 4 rings (SSSR count). The maximum Gasteiger partial charge on any atom is 0.373 e. The van der Waals surface area contributed by atoms with Crippen LogP contribution in [0.1, 0.15) is 21.2 Å². The summed E-state index contributed by atoms with van der Waals surface area (Å²) in [6.07, 6.45) is 0.310. The van der Waals surface area contributed by atoms with Gasteiger partial charge in [0.2, 0.25) is 11.7 Å². The topological polar surface area (TPSA) is 126 Å². The smallest absolute Gasteiger partial charge is 0.373 e. The van der Waals surface area contributed by atoms with Crippen molar-refractivity contribution in [2.24, 2.45) is 0 Å². The standard InChI is InChI=1S/C20H18N2O7S2/c1-28-20(27)13-5-4-11(29-13)7-10-9-31-18-15(17(24)22(18)16(10)19(25)26)21-14(23)8-12-3-2-6-30-12/h2-6,15,18H,7-9H2,1H3,(H,21,23)(H,25,26)/t15-,18+/m1/s1. The largest absolute Gasteiger partial charge is 0.477 e. The zero-order chi connectivity index (χ0) is 22.1. The molecular weight excluding hydrogens is 444 g/mol. The predicted molar refractivity (Wildman–Crippen MR) is 111 cm³/mol. The molecule has 0 bridgehead atoms. The molecule has 0 saturated carbocycles. The molecule has 2 aromatic heterocycles. The number of β-lactam (4-membered cyclic amide) rings is 1. The van der Waals surface area contributed by atoms with E-state index in [-0.39, 0.29) is 30.2 Å². The first-order valence-corrected chi connectivity index (χ1v) is 11.2. The number of hydrogen-bond donors (Lipinski definition) is 2. The number of aliphatic carboxylic acids is 1. The summed E-state index contributed by atoms with van der Waals surface area (Å²) in [5, 5.41) is 13.9. The molecule has 2 aliphatic rings. The van der Waals surface area contributed by atoms with Gasteiger partial charge in [-0.2, -0.15) is 0 Å². The van der Waals surface area contributed by atoms with Crippen molar-refractivity contribution in [1.29, 1.82) is 0 Å². The monoisotopic (exact) mass is 462 g/mol. The number of thiophene rings is 1. The lowest BCUT2D eigenvalue weighted by Gasteiger charge is -2.49. The zero-order valence-electron chi connectivity index (χ0n) is 16.3. The van der Waals surface area contributed by atoms with Crippen LogP contribution in [0, 0.1) is 0 Å². The van der Waals surface area contributed by atoms with Crippen LogP contribution in [0.5, 0.6) is 0 Å². The molecule has 2 atom stereocenters. The number of thioether (sulfide) groups is 1. The molecule has 2 aliphatic heterocycles. The third kappa shape index (κ3) is 4.10. The van der Waals surface area contributed by atoms with Gasteiger partial charge >= 0.3 is 11.9 Å². The molecule has 9 nitrogen and oxygen atoms in total. The summed E-state index contributed by atoms with van der Waals surface area (Å²) in [6.45, 7) is 0. The number of amides is 2. The highest BCUT2D eigenvalue weighted by Gasteiger charge is 2.54. The number of rotatable bonds is 7. The second-order valence-electron chi connectivity index (χ2n) is 6.90. The molecule has 1 saturated heterocycles. The van der Waals surface area contributed by atoms with Gasteiger partial charge < -0.3 is 19.6 Å². The third-order valence-corrected chi connectivity index (χ3v) is 7.13. The van der Waals surface area contributed by atoms with Gasteiger partial charge in [0, 0.05) is 17.1 Å². The Bertz CT molecular complexity index is 1070. The van der Waals surface area contributed by atoms with Gasteiger partial charge in [0.15, 0.2) is 0 Å². The molecule has 0 aromatic carbocycles. The summed E-state index contributed by atoms with van der Waals surface area (Å²) in [5.41, 5.74) is 0.393. The SMILES string of the molecule is COC(=O)c1ccc(CC2=C(C(=O)O)N3C(=O)[C@@H](NC(=O)Cc4cccs4)[C@@H]3SC2)o1. The molecule has 2 N–H and O–H groups in total. The highest BCUT2D eigenvalue weighted by molar-refractivity contribution is 8.00. The van der Waals surface area contributed by atoms with E-state index in [1.54, 1.807) is 6.07 Å². The predicted octanol–water partition coefficient (Wildman–Crippen LogP) is 1.65. The number of carboxylic acid groups (broad SMARTS) is 1. The first kappa shape index (κ1) is 21.2. The van der Waals surface area contributed by atoms with Crippen LogP contribution in [0.4, 0.5) is 0 Å². The molecule has 2 amide bonds. The van der Waals surface area contributed by atoms with E-state index in [1.807, 2.05) is 17.5 Å². The summed E-state index contributed by atoms with van der Waals surface area (Å²) in [7, 11) is 1.23. The molecule has 162 valence electrons. The third-order valence-electron chi connectivity index (χ3n) is 4.92. The lowest BCUT2D eigenvalue weighted by molar-refractivity contribution is -0.150. The van der Waals surface area contributed by atoms with Crippen LogP contribution < -0.4 is 5.32 Å². The Morgan fingerprint density at radius 3 is 2.81 bits per heavy atom. The van der Waals surface area contributed by atoms with Crippen molar-refractivity contribution in [1.82, 2.24) is 10.2 Å². The summed E-state index contributed by atoms with van der Waals surface area (Å²) in [6, 6.07) is 5.95. The highest BCUT2D eigenvalue weighted by Crippen LogP contribution is 2.41. The van der Waals surface area contributed by atoms with Gasteiger partial charge in [-0.05, 0) is 29.2 Å². The normalized spacial score (nSPS) is 20.2. The maximum atomic E-state index is 12.7. The number of nitrogens with zero attached hydrogens (tertiary/aromatic N) is 1. The second-order valence-corrected chi connectivity index (χ2v) is 9.04. The van der Waals surface area contributed by atoms with Gasteiger partial charge in [-0.25, -0.2) is 9.59 Å². The first-order valence-electron chi connectivity index (χ1n) is 9.27. The molecule has 0 spiro atoms. The van der Waals surface area contributed by atoms with E-state index in [2.05, 4.69) is 10.1 Å². The van der Waals surface area contributed by atoms with Crippen molar-refractivity contribution in [3.63, 3.8) is 0 Å². The average molecular weight is 463 g/mol. The Balaban J connectivity index is 1.48. The number of carbonyl (C=O) groups is 4. The minimum Gasteiger partial charge on any atom is -0.477 e. The summed E-state index contributed by atoms with van der Waals surface area (Å²) in [4.78, 5) is 50.6. The number of methoxy groups -OCH3 is 1. The fourth-order valence-electron chi connectivity index (χ4n) is 3.51. The summed E-state index contributed by atoms with van der Waals surface area (Å²) < 4.78 is 10.0. The molecule has 2 aromatic rings. The Kier molecular flexibility index (Phi) is 5.88. The quantitative estimate of drug-likeness (QED) is 0.470. The van der Waals surface area contributed by atoms with E-state index in [9.17, 15) is 24.3 Å². The fourth-order valence-corrected chi connectivity index (χ4v) is 5.56. The maximum absolute atomic E-state index is 12.7. The lowest BCUT2D eigenvalue weighted by atomic mass is 10.0. The van der Waals surface area contributed by atoms with Crippen LogP contribution in [0.2, 0.25) is 0 Å². The number of furan rings is 1. The number of carbonyl (C=O) groups excluding carboxylic acids is 3. The Hall–Kier alpha value is -3.05. The van der Waals surface area contributed by atoms with Crippen molar-refractivity contribution in [2.45, 2.75) is 24.3 Å². The van der Waals surface area contributed by atoms with Crippen LogP contribution >= 0.6 is 23.1 Å². The van der Waals surface area contributed by atoms with E-state index >= 15 is 0 Å². The minimum atomic E-state index is -1.23.